The number of rotatable bonds is 5. The average Bonchev–Trinajstić information content (AvgIpc) is 2.60. The van der Waals surface area contributed by atoms with Crippen molar-refractivity contribution in [3.05, 3.63) is 40.9 Å². The summed E-state index contributed by atoms with van der Waals surface area (Å²) in [4.78, 5) is 22.2. The van der Waals surface area contributed by atoms with Gasteiger partial charge in [0.2, 0.25) is 5.82 Å². The topological polar surface area (TPSA) is 66.4 Å². The molecule has 4 nitrogen and oxygen atoms in total. The first-order valence-corrected chi connectivity index (χ1v) is 8.31. The summed E-state index contributed by atoms with van der Waals surface area (Å²) in [6, 6.07) is 0. The zero-order valence-electron chi connectivity index (χ0n) is 14.3. The molecule has 142 valence electrons. The molecule has 0 spiro atoms. The SMILES string of the molecule is COC(=O)C1C([O-])=CC(=O)CC1CCSc1c(F)c(F)c(F)c(F)c1F.[Na+]. The Morgan fingerprint density at radius 3 is 2.19 bits per heavy atom. The monoisotopic (exact) mass is 418 g/mol. The van der Waals surface area contributed by atoms with Gasteiger partial charge in [0.1, 0.15) is 0 Å². The van der Waals surface area contributed by atoms with E-state index in [-0.39, 0.29) is 48.2 Å². The maximum absolute atomic E-state index is 13.6. The minimum absolute atomic E-state index is 0. The van der Waals surface area contributed by atoms with E-state index >= 15 is 0 Å². The first-order chi connectivity index (χ1) is 12.2. The predicted octanol–water partition coefficient (Wildman–Crippen LogP) is -0.509. The van der Waals surface area contributed by atoms with E-state index in [0.29, 0.717) is 11.8 Å². The van der Waals surface area contributed by atoms with Crippen LogP contribution in [0.25, 0.3) is 0 Å². The van der Waals surface area contributed by atoms with Gasteiger partial charge in [0.25, 0.3) is 0 Å². The van der Waals surface area contributed by atoms with Gasteiger partial charge in [-0.3, -0.25) is 9.59 Å². The van der Waals surface area contributed by atoms with E-state index in [4.69, 9.17) is 0 Å². The predicted molar refractivity (Wildman–Crippen MR) is 78.3 cm³/mol. The van der Waals surface area contributed by atoms with Gasteiger partial charge in [0, 0.05) is 6.42 Å². The molecule has 0 amide bonds. The molecule has 1 aromatic carbocycles. The molecule has 0 fully saturated rings. The van der Waals surface area contributed by atoms with Crippen molar-refractivity contribution >= 4 is 23.5 Å². The number of thioether (sulfide) groups is 1. The van der Waals surface area contributed by atoms with Gasteiger partial charge in [-0.15, -0.1) is 17.5 Å². The fourth-order valence-corrected chi connectivity index (χ4v) is 3.70. The molecule has 2 unspecified atom stereocenters. The maximum atomic E-state index is 13.6. The van der Waals surface area contributed by atoms with Crippen LogP contribution in [0.5, 0.6) is 0 Å². The summed E-state index contributed by atoms with van der Waals surface area (Å²) in [6.45, 7) is 0. The molecule has 2 rings (SSSR count). The number of carbonyl (C=O) groups excluding carboxylic acids is 2. The smallest absolute Gasteiger partial charge is 0.875 e. The van der Waals surface area contributed by atoms with Crippen molar-refractivity contribution in [1.29, 1.82) is 0 Å². The number of ether oxygens (including phenoxy) is 1. The Labute approximate surface area is 177 Å². The van der Waals surface area contributed by atoms with Gasteiger partial charge in [-0.25, -0.2) is 22.0 Å². The van der Waals surface area contributed by atoms with Crippen molar-refractivity contribution < 1.29 is 70.9 Å². The summed E-state index contributed by atoms with van der Waals surface area (Å²) in [5.41, 5.74) is 0. The summed E-state index contributed by atoms with van der Waals surface area (Å²) in [7, 11) is 1.06. The van der Waals surface area contributed by atoms with Crippen LogP contribution in [0, 0.1) is 40.9 Å². The number of benzene rings is 1. The first kappa shape index (κ1) is 23.9. The van der Waals surface area contributed by atoms with Gasteiger partial charge in [-0.1, -0.05) is 0 Å². The molecule has 0 bridgehead atoms. The van der Waals surface area contributed by atoms with Crippen molar-refractivity contribution in [2.75, 3.05) is 12.9 Å². The average molecular weight is 418 g/mol. The van der Waals surface area contributed by atoms with Gasteiger partial charge >= 0.3 is 35.5 Å². The molecule has 0 aliphatic heterocycles. The van der Waals surface area contributed by atoms with Gasteiger partial charge < -0.3 is 9.84 Å². The molecule has 1 aliphatic carbocycles. The number of methoxy groups -OCH3 is 1. The molecule has 0 heterocycles. The minimum atomic E-state index is -2.26. The first-order valence-electron chi connectivity index (χ1n) is 7.32. The summed E-state index contributed by atoms with van der Waals surface area (Å²) in [5, 5.41) is 11.8. The normalized spacial score (nSPS) is 19.3. The summed E-state index contributed by atoms with van der Waals surface area (Å²) < 4.78 is 71.1. The van der Waals surface area contributed by atoms with Gasteiger partial charge in [0.15, 0.2) is 29.1 Å². The number of hydrogen-bond acceptors (Lipinski definition) is 5. The molecule has 1 aliphatic rings. The van der Waals surface area contributed by atoms with E-state index in [2.05, 4.69) is 4.74 Å². The number of ketones is 1. The molecule has 0 saturated carbocycles. The van der Waals surface area contributed by atoms with Crippen LogP contribution in [0.3, 0.4) is 0 Å². The molecule has 0 aromatic heterocycles. The standard InChI is InChI=1S/C16H13F5O4S.Na/c1-25-16(24)9-6(4-7(22)5-8(9)23)2-3-26-15-13(20)11(18)10(17)12(19)14(15)21;/h5-6,9,23H,2-4H2,1H3;/q;+1/p-1. The maximum Gasteiger partial charge on any atom is 1.00 e. The molecule has 0 N–H and O–H groups in total. The van der Waals surface area contributed by atoms with Crippen molar-refractivity contribution in [2.24, 2.45) is 11.8 Å². The van der Waals surface area contributed by atoms with Gasteiger partial charge in [-0.05, 0) is 24.2 Å². The second-order valence-electron chi connectivity index (χ2n) is 5.51. The van der Waals surface area contributed by atoms with E-state index in [1.165, 1.54) is 0 Å². The van der Waals surface area contributed by atoms with E-state index in [1.807, 2.05) is 0 Å². The molecular formula is C16H12F5NaO4S. The molecular weight excluding hydrogens is 406 g/mol. The summed E-state index contributed by atoms with van der Waals surface area (Å²) in [5.74, 6) is -14.6. The molecule has 2 atom stereocenters. The summed E-state index contributed by atoms with van der Waals surface area (Å²) >= 11 is 0.347. The molecule has 0 radical (unpaired) electrons. The Bertz CT molecular complexity index is 758. The Kier molecular flexibility index (Phi) is 8.78. The second-order valence-corrected chi connectivity index (χ2v) is 6.62. The third kappa shape index (κ3) is 5.04. The zero-order valence-corrected chi connectivity index (χ0v) is 17.1. The largest absolute Gasteiger partial charge is 1.00 e. The Hall–Kier alpha value is -1.10. The Morgan fingerprint density at radius 1 is 1.15 bits per heavy atom. The number of carbonyl (C=O) groups is 2. The van der Waals surface area contributed by atoms with Crippen LogP contribution in [0.15, 0.2) is 16.7 Å². The third-order valence-electron chi connectivity index (χ3n) is 3.90. The molecule has 11 heteroatoms. The number of esters is 1. The van der Waals surface area contributed by atoms with E-state index < -0.39 is 63.3 Å². The van der Waals surface area contributed by atoms with Gasteiger partial charge in [-0.2, -0.15) is 0 Å². The third-order valence-corrected chi connectivity index (χ3v) is 4.99. The number of allylic oxidation sites excluding steroid dienone is 1. The van der Waals surface area contributed by atoms with Crippen molar-refractivity contribution in [2.45, 2.75) is 17.7 Å². The van der Waals surface area contributed by atoms with Crippen LogP contribution < -0.4 is 34.7 Å². The van der Waals surface area contributed by atoms with E-state index in [0.717, 1.165) is 13.2 Å². The molecule has 0 saturated heterocycles. The van der Waals surface area contributed by atoms with Crippen LogP contribution >= 0.6 is 11.8 Å². The fraction of sp³-hybridized carbons (Fsp3) is 0.375. The quantitative estimate of drug-likeness (QED) is 0.161. The van der Waals surface area contributed by atoms with Crippen molar-refractivity contribution in [1.82, 2.24) is 0 Å². The zero-order chi connectivity index (χ0) is 19.6. The van der Waals surface area contributed by atoms with Crippen LogP contribution in [-0.2, 0) is 14.3 Å². The Morgan fingerprint density at radius 2 is 1.67 bits per heavy atom. The number of halogens is 5. The van der Waals surface area contributed by atoms with Crippen LogP contribution in [0.4, 0.5) is 22.0 Å². The fourth-order valence-electron chi connectivity index (χ4n) is 2.64. The molecule has 27 heavy (non-hydrogen) atoms. The van der Waals surface area contributed by atoms with E-state index in [1.54, 1.807) is 0 Å². The molecule has 1 aromatic rings. The van der Waals surface area contributed by atoms with Gasteiger partial charge in [0.05, 0.1) is 17.9 Å². The van der Waals surface area contributed by atoms with E-state index in [9.17, 15) is 36.6 Å². The van der Waals surface area contributed by atoms with Crippen molar-refractivity contribution in [3.63, 3.8) is 0 Å². The second kappa shape index (κ2) is 9.90. The number of hydrogen-bond donors (Lipinski definition) is 0. The van der Waals surface area contributed by atoms with Crippen LogP contribution in [0.1, 0.15) is 12.8 Å². The van der Waals surface area contributed by atoms with Crippen LogP contribution in [0.2, 0.25) is 0 Å². The van der Waals surface area contributed by atoms with Crippen LogP contribution in [-0.4, -0.2) is 24.6 Å². The summed E-state index contributed by atoms with van der Waals surface area (Å²) in [6.07, 6.45) is 0.577. The Balaban J connectivity index is 0.00000364. The van der Waals surface area contributed by atoms with Crippen molar-refractivity contribution in [3.8, 4) is 0 Å². The minimum Gasteiger partial charge on any atom is -0.875 e.